The zero-order valence-electron chi connectivity index (χ0n) is 7.02. The molecule has 2 nitrogen and oxygen atoms in total. The molecule has 0 N–H and O–H groups in total. The Bertz CT molecular complexity index is 91.9. The van der Waals surface area contributed by atoms with Gasteiger partial charge in [-0.3, -0.25) is 0 Å². The topological polar surface area (TPSA) is 18.5 Å². The Balaban J connectivity index is 3.12. The van der Waals surface area contributed by atoms with Crippen molar-refractivity contribution in [2.75, 3.05) is 13.2 Å². The first-order chi connectivity index (χ1) is 4.56. The third kappa shape index (κ3) is 7.50. The van der Waals surface area contributed by atoms with E-state index in [0.29, 0.717) is 13.2 Å². The molecule has 0 fully saturated rings. The summed E-state index contributed by atoms with van der Waals surface area (Å²) < 4.78 is 10.2. The summed E-state index contributed by atoms with van der Waals surface area (Å²) >= 11 is 0. The van der Waals surface area contributed by atoms with E-state index in [0.717, 1.165) is 0 Å². The zero-order valence-corrected chi connectivity index (χ0v) is 7.02. The molecule has 0 unspecified atom stereocenters. The summed E-state index contributed by atoms with van der Waals surface area (Å²) in [6.07, 6.45) is 1.42. The van der Waals surface area contributed by atoms with E-state index < -0.39 is 0 Å². The van der Waals surface area contributed by atoms with Crippen molar-refractivity contribution in [1.29, 1.82) is 0 Å². The molecular weight excluding hydrogens is 128 g/mol. The van der Waals surface area contributed by atoms with E-state index >= 15 is 0 Å². The molecule has 0 aliphatic rings. The average Bonchev–Trinajstić information content (AvgIpc) is 1.78. The maximum Gasteiger partial charge on any atom is 0.111 e. The van der Waals surface area contributed by atoms with Gasteiger partial charge < -0.3 is 9.47 Å². The number of ether oxygens (including phenoxy) is 2. The van der Waals surface area contributed by atoms with E-state index in [1.165, 1.54) is 6.26 Å². The van der Waals surface area contributed by atoms with Gasteiger partial charge in [0.1, 0.15) is 6.61 Å². The van der Waals surface area contributed by atoms with Gasteiger partial charge in [0.15, 0.2) is 0 Å². The standard InChI is InChI=1S/C8H16O2/c1-5-9-6-7-10-8(2,3)4/h5H,1,6-7H2,2-4H3. The second kappa shape index (κ2) is 4.34. The summed E-state index contributed by atoms with van der Waals surface area (Å²) in [4.78, 5) is 0. The first-order valence-corrected chi connectivity index (χ1v) is 3.43. The molecule has 0 aromatic heterocycles. The van der Waals surface area contributed by atoms with E-state index in [1.54, 1.807) is 0 Å². The molecule has 0 saturated heterocycles. The predicted octanol–water partition coefficient (Wildman–Crippen LogP) is 1.96. The fourth-order valence-electron chi connectivity index (χ4n) is 0.479. The molecule has 0 rings (SSSR count). The molecule has 0 atom stereocenters. The molecule has 0 heterocycles. The van der Waals surface area contributed by atoms with Gasteiger partial charge in [0.05, 0.1) is 18.5 Å². The van der Waals surface area contributed by atoms with Crippen LogP contribution in [0.4, 0.5) is 0 Å². The van der Waals surface area contributed by atoms with Crippen LogP contribution in [0.1, 0.15) is 20.8 Å². The van der Waals surface area contributed by atoms with Crippen LogP contribution in [-0.4, -0.2) is 18.8 Å². The molecule has 0 radical (unpaired) electrons. The van der Waals surface area contributed by atoms with Crippen LogP contribution in [0.3, 0.4) is 0 Å². The van der Waals surface area contributed by atoms with Gasteiger partial charge >= 0.3 is 0 Å². The first kappa shape index (κ1) is 9.50. The van der Waals surface area contributed by atoms with Gasteiger partial charge in [0.2, 0.25) is 0 Å². The fraction of sp³-hybridized carbons (Fsp3) is 0.750. The fourth-order valence-corrected chi connectivity index (χ4v) is 0.479. The quantitative estimate of drug-likeness (QED) is 0.443. The molecule has 0 saturated carbocycles. The molecule has 0 aliphatic carbocycles. The van der Waals surface area contributed by atoms with Crippen molar-refractivity contribution in [3.8, 4) is 0 Å². The van der Waals surface area contributed by atoms with Crippen LogP contribution in [0.5, 0.6) is 0 Å². The lowest BCUT2D eigenvalue weighted by Gasteiger charge is -2.18. The molecule has 0 aromatic rings. The van der Waals surface area contributed by atoms with Crippen molar-refractivity contribution in [2.24, 2.45) is 0 Å². The maximum atomic E-state index is 5.36. The van der Waals surface area contributed by atoms with E-state index in [4.69, 9.17) is 9.47 Å². The minimum absolute atomic E-state index is 0.0650. The van der Waals surface area contributed by atoms with Gasteiger partial charge in [0.25, 0.3) is 0 Å². The summed E-state index contributed by atoms with van der Waals surface area (Å²) in [5.74, 6) is 0. The molecule has 0 bridgehead atoms. The molecule has 10 heavy (non-hydrogen) atoms. The van der Waals surface area contributed by atoms with Crippen molar-refractivity contribution in [2.45, 2.75) is 26.4 Å². The maximum absolute atomic E-state index is 5.36. The minimum atomic E-state index is -0.0650. The van der Waals surface area contributed by atoms with Crippen LogP contribution in [0.25, 0.3) is 0 Å². The molecule has 0 spiro atoms. The van der Waals surface area contributed by atoms with E-state index in [9.17, 15) is 0 Å². The Kier molecular flexibility index (Phi) is 4.12. The lowest BCUT2D eigenvalue weighted by molar-refractivity contribution is -0.0220. The van der Waals surface area contributed by atoms with E-state index in [2.05, 4.69) is 6.58 Å². The van der Waals surface area contributed by atoms with E-state index in [1.807, 2.05) is 20.8 Å². The van der Waals surface area contributed by atoms with Gasteiger partial charge in [-0.15, -0.1) is 0 Å². The van der Waals surface area contributed by atoms with Crippen molar-refractivity contribution < 1.29 is 9.47 Å². The van der Waals surface area contributed by atoms with Gasteiger partial charge in [-0.05, 0) is 20.8 Å². The summed E-state index contributed by atoms with van der Waals surface area (Å²) in [5, 5.41) is 0. The van der Waals surface area contributed by atoms with Gasteiger partial charge in [-0.1, -0.05) is 6.58 Å². The number of rotatable bonds is 4. The lowest BCUT2D eigenvalue weighted by Crippen LogP contribution is -2.21. The summed E-state index contributed by atoms with van der Waals surface area (Å²) in [7, 11) is 0. The Morgan fingerprint density at radius 3 is 2.30 bits per heavy atom. The average molecular weight is 144 g/mol. The van der Waals surface area contributed by atoms with Gasteiger partial charge in [0, 0.05) is 0 Å². The van der Waals surface area contributed by atoms with Crippen molar-refractivity contribution in [1.82, 2.24) is 0 Å². The normalized spacial score (nSPS) is 11.1. The first-order valence-electron chi connectivity index (χ1n) is 3.43. The molecule has 0 aromatic carbocycles. The lowest BCUT2D eigenvalue weighted by atomic mass is 10.2. The third-order valence-electron chi connectivity index (χ3n) is 0.854. The van der Waals surface area contributed by atoms with Crippen molar-refractivity contribution >= 4 is 0 Å². The highest BCUT2D eigenvalue weighted by Crippen LogP contribution is 2.05. The molecule has 2 heteroatoms. The van der Waals surface area contributed by atoms with Crippen LogP contribution >= 0.6 is 0 Å². The van der Waals surface area contributed by atoms with Crippen molar-refractivity contribution in [3.63, 3.8) is 0 Å². The largest absolute Gasteiger partial charge is 0.499 e. The van der Waals surface area contributed by atoms with Crippen LogP contribution in [-0.2, 0) is 9.47 Å². The zero-order chi connectivity index (χ0) is 8.04. The second-order valence-electron chi connectivity index (χ2n) is 3.00. The van der Waals surface area contributed by atoms with Crippen LogP contribution in [0.15, 0.2) is 12.8 Å². The molecular formula is C8H16O2. The third-order valence-corrected chi connectivity index (χ3v) is 0.854. The second-order valence-corrected chi connectivity index (χ2v) is 3.00. The van der Waals surface area contributed by atoms with Gasteiger partial charge in [-0.25, -0.2) is 0 Å². The van der Waals surface area contributed by atoms with Crippen LogP contribution in [0.2, 0.25) is 0 Å². The monoisotopic (exact) mass is 144 g/mol. The smallest absolute Gasteiger partial charge is 0.111 e. The molecule has 60 valence electrons. The molecule has 0 amide bonds. The number of hydrogen-bond acceptors (Lipinski definition) is 2. The van der Waals surface area contributed by atoms with Crippen LogP contribution in [0, 0.1) is 0 Å². The SMILES string of the molecule is C=COCCOC(C)(C)C. The highest BCUT2D eigenvalue weighted by Gasteiger charge is 2.08. The van der Waals surface area contributed by atoms with E-state index in [-0.39, 0.29) is 5.60 Å². The summed E-state index contributed by atoms with van der Waals surface area (Å²) in [6, 6.07) is 0. The highest BCUT2D eigenvalue weighted by atomic mass is 16.5. The van der Waals surface area contributed by atoms with Crippen LogP contribution < -0.4 is 0 Å². The van der Waals surface area contributed by atoms with Crippen molar-refractivity contribution in [3.05, 3.63) is 12.8 Å². The Hall–Kier alpha value is -0.500. The minimum Gasteiger partial charge on any atom is -0.499 e. The summed E-state index contributed by atoms with van der Waals surface area (Å²) in [5.41, 5.74) is -0.0650. The molecule has 0 aliphatic heterocycles. The Morgan fingerprint density at radius 1 is 1.30 bits per heavy atom. The Morgan fingerprint density at radius 2 is 1.90 bits per heavy atom. The Labute approximate surface area is 62.8 Å². The predicted molar refractivity (Wildman–Crippen MR) is 41.9 cm³/mol. The highest BCUT2D eigenvalue weighted by molar-refractivity contribution is 4.58. The number of hydrogen-bond donors (Lipinski definition) is 0. The summed E-state index contributed by atoms with van der Waals surface area (Å²) in [6.45, 7) is 10.7. The van der Waals surface area contributed by atoms with Gasteiger partial charge in [-0.2, -0.15) is 0 Å².